The van der Waals surface area contributed by atoms with E-state index in [9.17, 15) is 0 Å². The molecule has 0 spiro atoms. The molecule has 0 aliphatic carbocycles. The Morgan fingerprint density at radius 2 is 2.00 bits per heavy atom. The summed E-state index contributed by atoms with van der Waals surface area (Å²) >= 11 is 0. The van der Waals surface area contributed by atoms with Crippen LogP contribution in [0.4, 0.5) is 0 Å². The van der Waals surface area contributed by atoms with Crippen LogP contribution in [-0.2, 0) is 0 Å². The van der Waals surface area contributed by atoms with Crippen molar-refractivity contribution in [3.63, 3.8) is 0 Å². The standard InChI is InChI=1S/C20H25N5O/c1-14-17(9-11-24(4)20(14,2)3)26-19-8-6-16(22-23-19)15-5-7-18-21-10-12-25(18)13-15/h5-8,10,12-14,17H,9,11H2,1-4H3. The third-order valence-electron chi connectivity index (χ3n) is 6.00. The summed E-state index contributed by atoms with van der Waals surface area (Å²) in [5.74, 6) is 1.00. The van der Waals surface area contributed by atoms with Crippen LogP contribution in [0.3, 0.4) is 0 Å². The van der Waals surface area contributed by atoms with Crippen molar-refractivity contribution < 1.29 is 4.74 Å². The third kappa shape index (κ3) is 2.94. The molecule has 4 rings (SSSR count). The molecule has 0 bridgehead atoms. The van der Waals surface area contributed by atoms with Crippen LogP contribution < -0.4 is 4.74 Å². The van der Waals surface area contributed by atoms with Gasteiger partial charge in [0, 0.05) is 48.2 Å². The molecule has 4 heterocycles. The lowest BCUT2D eigenvalue weighted by molar-refractivity contribution is -0.0301. The summed E-state index contributed by atoms with van der Waals surface area (Å²) < 4.78 is 8.16. The van der Waals surface area contributed by atoms with Gasteiger partial charge in [-0.2, -0.15) is 0 Å². The molecule has 3 aromatic rings. The molecule has 1 aliphatic heterocycles. The fourth-order valence-corrected chi connectivity index (χ4v) is 3.59. The van der Waals surface area contributed by atoms with Crippen molar-refractivity contribution in [3.05, 3.63) is 42.9 Å². The number of imidazole rings is 1. The van der Waals surface area contributed by atoms with Crippen LogP contribution in [0.1, 0.15) is 27.2 Å². The Labute approximate surface area is 153 Å². The van der Waals surface area contributed by atoms with Crippen LogP contribution in [0, 0.1) is 5.92 Å². The fourth-order valence-electron chi connectivity index (χ4n) is 3.59. The van der Waals surface area contributed by atoms with Crippen molar-refractivity contribution in [2.75, 3.05) is 13.6 Å². The molecule has 1 aliphatic rings. The molecule has 1 fully saturated rings. The van der Waals surface area contributed by atoms with E-state index >= 15 is 0 Å². The Balaban J connectivity index is 1.51. The SMILES string of the molecule is CC1C(Oc2ccc(-c3ccc4nccn4c3)nn2)CCN(C)C1(C)C. The average molecular weight is 351 g/mol. The van der Waals surface area contributed by atoms with E-state index in [1.807, 2.05) is 41.1 Å². The molecule has 0 aromatic carbocycles. The van der Waals surface area contributed by atoms with Crippen LogP contribution >= 0.6 is 0 Å². The van der Waals surface area contributed by atoms with Crippen LogP contribution in [0.25, 0.3) is 16.9 Å². The van der Waals surface area contributed by atoms with Crippen LogP contribution in [-0.4, -0.2) is 49.7 Å². The van der Waals surface area contributed by atoms with Gasteiger partial charge in [-0.3, -0.25) is 0 Å². The summed E-state index contributed by atoms with van der Waals surface area (Å²) in [6.07, 6.45) is 6.87. The Bertz CT molecular complexity index is 902. The van der Waals surface area contributed by atoms with Crippen LogP contribution in [0.15, 0.2) is 42.9 Å². The second-order valence-corrected chi connectivity index (χ2v) is 7.68. The summed E-state index contributed by atoms with van der Waals surface area (Å²) in [6, 6.07) is 7.86. The van der Waals surface area contributed by atoms with Gasteiger partial charge in [0.1, 0.15) is 11.8 Å². The van der Waals surface area contributed by atoms with Crippen molar-refractivity contribution in [2.45, 2.75) is 38.8 Å². The van der Waals surface area contributed by atoms with Crippen molar-refractivity contribution in [1.29, 1.82) is 0 Å². The summed E-state index contributed by atoms with van der Waals surface area (Å²) in [6.45, 7) is 7.82. The van der Waals surface area contributed by atoms with Gasteiger partial charge in [-0.15, -0.1) is 10.2 Å². The van der Waals surface area contributed by atoms with Gasteiger partial charge in [-0.1, -0.05) is 6.92 Å². The summed E-state index contributed by atoms with van der Waals surface area (Å²) in [5, 5.41) is 8.67. The normalized spacial score (nSPS) is 23.2. The molecule has 0 amide bonds. The van der Waals surface area contributed by atoms with E-state index in [2.05, 4.69) is 47.9 Å². The van der Waals surface area contributed by atoms with E-state index in [1.165, 1.54) is 0 Å². The first kappa shape index (κ1) is 17.0. The number of aromatic nitrogens is 4. The second kappa shape index (κ2) is 6.36. The Morgan fingerprint density at radius 1 is 1.15 bits per heavy atom. The molecular weight excluding hydrogens is 326 g/mol. The number of ether oxygens (including phenoxy) is 1. The lowest BCUT2D eigenvalue weighted by Crippen LogP contribution is -2.56. The number of fused-ring (bicyclic) bond motifs is 1. The summed E-state index contributed by atoms with van der Waals surface area (Å²) in [5.41, 5.74) is 2.85. The summed E-state index contributed by atoms with van der Waals surface area (Å²) in [7, 11) is 2.18. The van der Waals surface area contributed by atoms with E-state index in [1.54, 1.807) is 6.20 Å². The first-order valence-electron chi connectivity index (χ1n) is 9.10. The van der Waals surface area contributed by atoms with Crippen LogP contribution in [0.5, 0.6) is 5.88 Å². The van der Waals surface area contributed by atoms with E-state index in [0.717, 1.165) is 29.9 Å². The van der Waals surface area contributed by atoms with Gasteiger partial charge in [-0.05, 0) is 45.5 Å². The van der Waals surface area contributed by atoms with E-state index in [-0.39, 0.29) is 11.6 Å². The number of hydrogen-bond acceptors (Lipinski definition) is 5. The van der Waals surface area contributed by atoms with Gasteiger partial charge in [0.05, 0.1) is 5.69 Å². The monoisotopic (exact) mass is 351 g/mol. The van der Waals surface area contributed by atoms with Crippen molar-refractivity contribution in [3.8, 4) is 17.1 Å². The van der Waals surface area contributed by atoms with Crippen LogP contribution in [0.2, 0.25) is 0 Å². The Kier molecular flexibility index (Phi) is 4.15. The predicted molar refractivity (Wildman–Crippen MR) is 101 cm³/mol. The van der Waals surface area contributed by atoms with Crippen molar-refractivity contribution in [1.82, 2.24) is 24.5 Å². The molecule has 26 heavy (non-hydrogen) atoms. The number of pyridine rings is 1. The highest BCUT2D eigenvalue weighted by molar-refractivity contribution is 5.60. The molecule has 2 unspecified atom stereocenters. The van der Waals surface area contributed by atoms with Gasteiger partial charge >= 0.3 is 0 Å². The quantitative estimate of drug-likeness (QED) is 0.725. The molecule has 6 heteroatoms. The Morgan fingerprint density at radius 3 is 2.77 bits per heavy atom. The predicted octanol–water partition coefficient (Wildman–Crippen LogP) is 3.29. The maximum absolute atomic E-state index is 6.18. The van der Waals surface area contributed by atoms with Gasteiger partial charge < -0.3 is 14.0 Å². The second-order valence-electron chi connectivity index (χ2n) is 7.68. The van der Waals surface area contributed by atoms with Gasteiger partial charge in [0.2, 0.25) is 5.88 Å². The molecule has 6 nitrogen and oxygen atoms in total. The van der Waals surface area contributed by atoms with E-state index in [4.69, 9.17) is 4.74 Å². The zero-order valence-corrected chi connectivity index (χ0v) is 15.8. The largest absolute Gasteiger partial charge is 0.473 e. The zero-order chi connectivity index (χ0) is 18.3. The first-order chi connectivity index (χ1) is 12.4. The van der Waals surface area contributed by atoms with Crippen molar-refractivity contribution >= 4 is 5.65 Å². The third-order valence-corrected chi connectivity index (χ3v) is 6.00. The highest BCUT2D eigenvalue weighted by atomic mass is 16.5. The minimum absolute atomic E-state index is 0.108. The number of hydrogen-bond donors (Lipinski definition) is 0. The lowest BCUT2D eigenvalue weighted by Gasteiger charge is -2.48. The van der Waals surface area contributed by atoms with Gasteiger partial charge in [-0.25, -0.2) is 4.98 Å². The van der Waals surface area contributed by atoms with Crippen molar-refractivity contribution in [2.24, 2.45) is 5.92 Å². The highest BCUT2D eigenvalue weighted by Crippen LogP contribution is 2.34. The highest BCUT2D eigenvalue weighted by Gasteiger charge is 2.40. The minimum atomic E-state index is 0.108. The fraction of sp³-hybridized carbons (Fsp3) is 0.450. The lowest BCUT2D eigenvalue weighted by atomic mass is 9.79. The molecule has 1 saturated heterocycles. The molecule has 2 atom stereocenters. The van der Waals surface area contributed by atoms with E-state index < -0.39 is 0 Å². The smallest absolute Gasteiger partial charge is 0.233 e. The number of likely N-dealkylation sites (tertiary alicyclic amines) is 1. The van der Waals surface area contributed by atoms with E-state index in [0.29, 0.717) is 11.8 Å². The average Bonchev–Trinajstić information content (AvgIpc) is 3.11. The van der Waals surface area contributed by atoms with Gasteiger partial charge in [0.15, 0.2) is 0 Å². The molecular formula is C20H25N5O. The number of nitrogens with zero attached hydrogens (tertiary/aromatic N) is 5. The molecule has 3 aromatic heterocycles. The number of piperidine rings is 1. The number of rotatable bonds is 3. The molecule has 0 N–H and O–H groups in total. The first-order valence-corrected chi connectivity index (χ1v) is 9.10. The summed E-state index contributed by atoms with van der Waals surface area (Å²) in [4.78, 5) is 6.66. The minimum Gasteiger partial charge on any atom is -0.473 e. The zero-order valence-electron chi connectivity index (χ0n) is 15.8. The topological polar surface area (TPSA) is 55.6 Å². The molecule has 0 saturated carbocycles. The molecule has 0 radical (unpaired) electrons. The maximum Gasteiger partial charge on any atom is 0.233 e. The van der Waals surface area contributed by atoms with Gasteiger partial charge in [0.25, 0.3) is 0 Å². The maximum atomic E-state index is 6.18. The Hall–Kier alpha value is -2.47. The molecule has 136 valence electrons.